The average Bonchev–Trinajstić information content (AvgIpc) is 1.66. The number of rotatable bonds is 27. The van der Waals surface area contributed by atoms with Crippen LogP contribution < -0.4 is 58.1 Å². The molecule has 0 atom stereocenters. The molecule has 31 nitrogen and oxygen atoms in total. The van der Waals surface area contributed by atoms with Crippen LogP contribution in [0.15, 0.2) is 232 Å². The van der Waals surface area contributed by atoms with Crippen molar-refractivity contribution in [2.24, 2.45) is 28.2 Å². The van der Waals surface area contributed by atoms with Gasteiger partial charge in [0.1, 0.15) is 55.9 Å². The molecule has 8 aromatic carbocycles. The van der Waals surface area contributed by atoms with Crippen molar-refractivity contribution in [2.75, 3.05) is 102 Å². The Morgan fingerprint density at radius 1 is 0.391 bits per heavy atom. The third kappa shape index (κ3) is 23.6. The van der Waals surface area contributed by atoms with Gasteiger partial charge in [-0.05, 0) is 117 Å². The summed E-state index contributed by atoms with van der Waals surface area (Å²) >= 11 is 13.4. The predicted octanol–water partition coefficient (Wildman–Crippen LogP) is 18.1. The number of nitrogens with zero attached hydrogens (tertiary/aromatic N) is 22. The molecule has 133 heavy (non-hydrogen) atoms. The second-order valence-corrected chi connectivity index (χ2v) is 32.0. The van der Waals surface area contributed by atoms with Crippen LogP contribution in [0.3, 0.4) is 0 Å². The molecule has 0 saturated heterocycles. The zero-order chi connectivity index (χ0) is 93.8. The maximum Gasteiger partial charge on any atom is 0.204 e. The van der Waals surface area contributed by atoms with Crippen molar-refractivity contribution in [1.29, 1.82) is 0 Å². The normalized spacial score (nSPS) is 11.0. The molecule has 17 aromatic rings. The van der Waals surface area contributed by atoms with Crippen LogP contribution in [0.4, 0.5) is 45.5 Å². The van der Waals surface area contributed by atoms with E-state index in [-0.39, 0.29) is 0 Å². The van der Waals surface area contributed by atoms with E-state index >= 15 is 0 Å². The number of ether oxygens (including phenoxy) is 7. The summed E-state index contributed by atoms with van der Waals surface area (Å²) in [6, 6.07) is 47.3. The molecule has 0 fully saturated rings. The largest absolute Gasteiger partial charge is 0.497 e. The molecule has 0 radical (unpaired) electrons. The van der Waals surface area contributed by atoms with Gasteiger partial charge < -0.3 is 63.2 Å². The number of fused-ring (bicyclic) bond motifs is 4. The molecule has 0 aliphatic rings. The molecule has 0 aliphatic heterocycles. The van der Waals surface area contributed by atoms with Crippen LogP contribution in [0.1, 0.15) is 46.9 Å². The van der Waals surface area contributed by atoms with Crippen LogP contribution in [-0.2, 0) is 28.2 Å². The van der Waals surface area contributed by atoms with Gasteiger partial charge >= 0.3 is 0 Å². The maximum absolute atomic E-state index is 10.1. The van der Waals surface area contributed by atoms with Gasteiger partial charge in [0, 0.05) is 202 Å². The Balaban J connectivity index is 0.000000143. The van der Waals surface area contributed by atoms with E-state index in [1.165, 1.54) is 0 Å². The quantitative estimate of drug-likeness (QED) is 0.0452. The lowest BCUT2D eigenvalue weighted by molar-refractivity contribution is 0.143. The lowest BCUT2D eigenvalue weighted by Crippen LogP contribution is -2.32. The van der Waals surface area contributed by atoms with Crippen LogP contribution in [0.5, 0.6) is 40.2 Å². The number of anilines is 8. The van der Waals surface area contributed by atoms with E-state index in [4.69, 9.17) is 76.3 Å². The first kappa shape index (κ1) is 93.6. The van der Waals surface area contributed by atoms with Gasteiger partial charge in [0.05, 0.1) is 185 Å². The molecule has 33 heteroatoms. The first-order chi connectivity index (χ1) is 64.4. The SMILES string of the molecule is CCCN(c1ccc2ncc(-c3cnn(C)c3)nc2c1)c1c(Cl)c(OC)cc(OC)c1Cl.COc1cc(OC)cc(N(CC#CC(C)(C)O)c2ccc3ncc(-c4cnn(C)c4)nc3c2)c1.COc1cc(OC)cc(N(CC#Cc2ncccn2)c2ccc3ncc(-c4cnn(C)c4)nc3c2)c1.COc1cccc(N(CCNC(C)C)c2ccc3ncc(-c4cnn(C)c4)nc3c2)c1. The Labute approximate surface area is 780 Å². The number of benzene rings is 8. The number of methoxy groups -OCH3 is 7. The Morgan fingerprint density at radius 3 is 1.10 bits per heavy atom. The van der Waals surface area contributed by atoms with Crippen LogP contribution in [0.2, 0.25) is 10.0 Å². The summed E-state index contributed by atoms with van der Waals surface area (Å²) in [5.74, 6) is 17.1. The Kier molecular flexibility index (Phi) is 30.4. The molecule has 0 bridgehead atoms. The smallest absolute Gasteiger partial charge is 0.204 e. The molecule has 0 unspecified atom stereocenters. The minimum absolute atomic E-state index is 0.335. The Morgan fingerprint density at radius 2 is 0.752 bits per heavy atom. The Hall–Kier alpha value is -15.5. The molecule has 0 saturated carbocycles. The van der Waals surface area contributed by atoms with Gasteiger partial charge in [-0.25, -0.2) is 29.9 Å². The summed E-state index contributed by atoms with van der Waals surface area (Å²) in [7, 11) is 18.8. The number of hydrogen-bond donors (Lipinski definition) is 2. The van der Waals surface area contributed by atoms with Gasteiger partial charge in [0.2, 0.25) is 5.82 Å². The van der Waals surface area contributed by atoms with Gasteiger partial charge in [0.15, 0.2) is 0 Å². The van der Waals surface area contributed by atoms with Crippen molar-refractivity contribution in [1.82, 2.24) is 94.3 Å². The van der Waals surface area contributed by atoms with Crippen LogP contribution in [0.25, 0.3) is 89.2 Å². The highest BCUT2D eigenvalue weighted by Gasteiger charge is 2.26. The van der Waals surface area contributed by atoms with Gasteiger partial charge in [-0.3, -0.25) is 38.7 Å². The average molecular weight is 1820 g/mol. The van der Waals surface area contributed by atoms with Crippen molar-refractivity contribution in [3.63, 3.8) is 0 Å². The third-order valence-electron chi connectivity index (χ3n) is 20.8. The topological polar surface area (TPSA) is 310 Å². The van der Waals surface area contributed by atoms with Crippen LogP contribution in [-0.4, -0.2) is 188 Å². The molecule has 9 aromatic heterocycles. The molecule has 17 rings (SSSR count). The highest BCUT2D eigenvalue weighted by molar-refractivity contribution is 6.41. The molecule has 0 spiro atoms. The highest BCUT2D eigenvalue weighted by atomic mass is 35.5. The summed E-state index contributed by atoms with van der Waals surface area (Å²) in [4.78, 5) is 54.4. The lowest BCUT2D eigenvalue weighted by atomic mass is 10.1. The van der Waals surface area contributed by atoms with Crippen molar-refractivity contribution < 1.29 is 38.3 Å². The van der Waals surface area contributed by atoms with Crippen LogP contribution in [0, 0.1) is 23.7 Å². The van der Waals surface area contributed by atoms with E-state index in [9.17, 15) is 5.11 Å². The van der Waals surface area contributed by atoms with E-state index in [2.05, 4.69) is 134 Å². The third-order valence-corrected chi connectivity index (χ3v) is 21.5. The second-order valence-electron chi connectivity index (χ2n) is 31.2. The number of aryl methyl sites for hydroxylation is 4. The fourth-order valence-electron chi connectivity index (χ4n) is 14.3. The molecule has 0 aliphatic carbocycles. The fraction of sp³-hybridized carbons (Fsp3) is 0.240. The number of aromatic nitrogens is 18. The summed E-state index contributed by atoms with van der Waals surface area (Å²) in [5, 5.41) is 31.3. The summed E-state index contributed by atoms with van der Waals surface area (Å²) in [5.41, 5.74) is 19.0. The molecule has 2 N–H and O–H groups in total. The lowest BCUT2D eigenvalue weighted by Gasteiger charge is -2.28. The number of hydrogen-bond acceptors (Lipinski definition) is 27. The summed E-state index contributed by atoms with van der Waals surface area (Å²) < 4.78 is 45.3. The van der Waals surface area contributed by atoms with Crippen molar-refractivity contribution in [2.45, 2.75) is 52.7 Å². The zero-order valence-corrected chi connectivity index (χ0v) is 78.2. The van der Waals surface area contributed by atoms with Crippen molar-refractivity contribution >= 4 is 113 Å². The second kappa shape index (κ2) is 43.3. The van der Waals surface area contributed by atoms with E-state index in [1.807, 2.05) is 172 Å². The monoisotopic (exact) mass is 1820 g/mol. The van der Waals surface area contributed by atoms with E-state index in [1.54, 1.807) is 156 Å². The molecular weight excluding hydrogens is 1720 g/mol. The molecule has 0 amide bonds. The standard InChI is InChI=1S/C27H23N7O2.C26H27N5O3.C24H28N6O.C23H23Cl2N5O2/c1-33-18-19(16-31-33)26-17-30-24-8-7-20(14-25(24)32-26)34(11-4-6-27-28-9-5-10-29-27)21-12-22(35-2)15-23(13-21)36-3;1-26(2,32)9-6-10-31(20-11-21(33-4)14-22(12-20)34-5)19-7-8-23-24(13-19)29-25(16-27-23)18-15-28-30(3)17-18;1-17(2)25-10-11-30(19-6-5-7-21(12-19)31-4)20-8-9-22-23(13-20)28-24(15-26-22)18-14-27-29(3)16-18;1-5-8-30(23-21(24)19(31-3)10-20(32-4)22(23)25)15-6-7-16-17(9-15)28-18(12-26-16)14-11-27-29(2)13-14/h5,7-10,12-18H,11H2,1-3H3;7-8,11-17,32H,10H2,1-5H3;5-9,12-17,25H,10-11H2,1-4H3;6-7,9-13H,5,8H2,1-4H3. The van der Waals surface area contributed by atoms with Gasteiger partial charge in [-0.15, -0.1) is 0 Å². The van der Waals surface area contributed by atoms with Crippen LogP contribution >= 0.6 is 23.2 Å². The van der Waals surface area contributed by atoms with E-state index in [0.29, 0.717) is 81.7 Å². The Bertz CT molecular complexity index is 6990. The van der Waals surface area contributed by atoms with Gasteiger partial charge in [0.25, 0.3) is 0 Å². The molecule has 678 valence electrons. The van der Waals surface area contributed by atoms with Gasteiger partial charge in [-0.2, -0.15) is 20.4 Å². The molecule has 9 heterocycles. The van der Waals surface area contributed by atoms with E-state index < -0.39 is 5.60 Å². The zero-order valence-electron chi connectivity index (χ0n) is 76.7. The number of nitrogens with one attached hydrogen (secondary N) is 1. The minimum Gasteiger partial charge on any atom is -0.497 e. The predicted molar refractivity (Wildman–Crippen MR) is 523 cm³/mol. The first-order valence-electron chi connectivity index (χ1n) is 42.4. The number of aliphatic hydroxyl groups is 1. The fourth-order valence-corrected chi connectivity index (χ4v) is 15.0. The number of halogens is 2. The molecular formula is C100H101Cl2N23O8. The summed E-state index contributed by atoms with van der Waals surface area (Å²) in [6.07, 6.45) is 26.0. The highest BCUT2D eigenvalue weighted by Crippen LogP contribution is 2.49. The maximum atomic E-state index is 10.1. The first-order valence-corrected chi connectivity index (χ1v) is 43.2. The van der Waals surface area contributed by atoms with Crippen molar-refractivity contribution in [3.8, 4) is 109 Å². The van der Waals surface area contributed by atoms with Crippen molar-refractivity contribution in [3.05, 3.63) is 248 Å². The van der Waals surface area contributed by atoms with Gasteiger partial charge in [-0.1, -0.05) is 67.8 Å². The van der Waals surface area contributed by atoms with E-state index in [0.717, 1.165) is 154 Å². The summed E-state index contributed by atoms with van der Waals surface area (Å²) in [6.45, 7) is 12.8. The minimum atomic E-state index is -1.09.